The van der Waals surface area contributed by atoms with Gasteiger partial charge in [-0.25, -0.2) is 4.79 Å². The van der Waals surface area contributed by atoms with E-state index in [-0.39, 0.29) is 11.9 Å². The SMILES string of the molecule is CNC(=O)NC(=O)C(C)NC1CCC(SC)C1. The van der Waals surface area contributed by atoms with Gasteiger partial charge in [-0.2, -0.15) is 11.8 Å². The fraction of sp³-hybridized carbons (Fsp3) is 0.818. The molecular weight excluding hydrogens is 238 g/mol. The first kappa shape index (κ1) is 14.3. The van der Waals surface area contributed by atoms with E-state index in [0.29, 0.717) is 11.3 Å². The van der Waals surface area contributed by atoms with Crippen LogP contribution >= 0.6 is 11.8 Å². The molecule has 0 aromatic heterocycles. The van der Waals surface area contributed by atoms with Crippen LogP contribution in [0.3, 0.4) is 0 Å². The number of rotatable bonds is 4. The van der Waals surface area contributed by atoms with Crippen molar-refractivity contribution >= 4 is 23.7 Å². The van der Waals surface area contributed by atoms with Gasteiger partial charge in [0.25, 0.3) is 0 Å². The summed E-state index contributed by atoms with van der Waals surface area (Å²) in [7, 11) is 1.49. The molecule has 0 saturated heterocycles. The Kier molecular flexibility index (Phi) is 5.77. The maximum atomic E-state index is 11.6. The third kappa shape index (κ3) is 4.55. The van der Waals surface area contributed by atoms with Crippen LogP contribution in [-0.2, 0) is 4.79 Å². The van der Waals surface area contributed by atoms with Gasteiger partial charge in [-0.1, -0.05) is 0 Å². The number of amides is 3. The maximum absolute atomic E-state index is 11.6. The Morgan fingerprint density at radius 1 is 1.35 bits per heavy atom. The molecule has 3 atom stereocenters. The molecule has 1 saturated carbocycles. The van der Waals surface area contributed by atoms with Gasteiger partial charge in [-0.3, -0.25) is 10.1 Å². The Bertz CT molecular complexity index is 286. The van der Waals surface area contributed by atoms with Gasteiger partial charge in [0, 0.05) is 18.3 Å². The van der Waals surface area contributed by atoms with Gasteiger partial charge >= 0.3 is 6.03 Å². The topological polar surface area (TPSA) is 70.2 Å². The highest BCUT2D eigenvalue weighted by Gasteiger charge is 2.26. The molecule has 1 aliphatic carbocycles. The van der Waals surface area contributed by atoms with Crippen molar-refractivity contribution in [1.82, 2.24) is 16.0 Å². The Balaban J connectivity index is 2.31. The van der Waals surface area contributed by atoms with Crippen LogP contribution in [-0.4, -0.2) is 42.6 Å². The Labute approximate surface area is 106 Å². The van der Waals surface area contributed by atoms with Crippen LogP contribution in [0.4, 0.5) is 4.79 Å². The van der Waals surface area contributed by atoms with E-state index in [4.69, 9.17) is 0 Å². The molecule has 3 N–H and O–H groups in total. The van der Waals surface area contributed by atoms with Crippen molar-refractivity contribution in [3.8, 4) is 0 Å². The first-order chi connectivity index (χ1) is 8.06. The van der Waals surface area contributed by atoms with Gasteiger partial charge in [-0.15, -0.1) is 0 Å². The summed E-state index contributed by atoms with van der Waals surface area (Å²) in [5, 5.41) is 8.59. The lowest BCUT2D eigenvalue weighted by molar-refractivity contribution is -0.121. The van der Waals surface area contributed by atoms with Gasteiger partial charge < -0.3 is 10.6 Å². The van der Waals surface area contributed by atoms with Crippen molar-refractivity contribution in [2.75, 3.05) is 13.3 Å². The second-order valence-corrected chi connectivity index (χ2v) is 5.46. The third-order valence-electron chi connectivity index (χ3n) is 3.06. The zero-order chi connectivity index (χ0) is 12.8. The van der Waals surface area contributed by atoms with Gasteiger partial charge in [0.05, 0.1) is 6.04 Å². The summed E-state index contributed by atoms with van der Waals surface area (Å²) in [4.78, 5) is 22.6. The lowest BCUT2D eigenvalue weighted by Crippen LogP contribution is -2.49. The van der Waals surface area contributed by atoms with Crippen molar-refractivity contribution in [3.05, 3.63) is 0 Å². The van der Waals surface area contributed by atoms with E-state index in [9.17, 15) is 9.59 Å². The molecule has 98 valence electrons. The molecular formula is C11H21N3O2S. The largest absolute Gasteiger partial charge is 0.341 e. The third-order valence-corrected chi connectivity index (χ3v) is 4.16. The van der Waals surface area contributed by atoms with Gasteiger partial charge in [0.1, 0.15) is 0 Å². The van der Waals surface area contributed by atoms with Crippen molar-refractivity contribution in [3.63, 3.8) is 0 Å². The number of thioether (sulfide) groups is 1. The first-order valence-corrected chi connectivity index (χ1v) is 7.17. The zero-order valence-corrected chi connectivity index (χ0v) is 11.4. The molecule has 0 radical (unpaired) electrons. The van der Waals surface area contributed by atoms with Crippen LogP contribution in [0.15, 0.2) is 0 Å². The number of hydrogen-bond acceptors (Lipinski definition) is 4. The summed E-state index contributed by atoms with van der Waals surface area (Å²) >= 11 is 1.88. The molecule has 1 rings (SSSR count). The molecule has 5 nitrogen and oxygen atoms in total. The van der Waals surface area contributed by atoms with E-state index >= 15 is 0 Å². The van der Waals surface area contributed by atoms with Crippen molar-refractivity contribution in [2.24, 2.45) is 0 Å². The fourth-order valence-corrected chi connectivity index (χ4v) is 2.81. The lowest BCUT2D eigenvalue weighted by Gasteiger charge is -2.18. The van der Waals surface area contributed by atoms with E-state index in [1.807, 2.05) is 11.8 Å². The highest BCUT2D eigenvalue weighted by atomic mass is 32.2. The van der Waals surface area contributed by atoms with Crippen molar-refractivity contribution < 1.29 is 9.59 Å². The van der Waals surface area contributed by atoms with Crippen LogP contribution in [0.2, 0.25) is 0 Å². The summed E-state index contributed by atoms with van der Waals surface area (Å²) in [6, 6.07) is -0.409. The van der Waals surface area contributed by atoms with Gasteiger partial charge in [0.15, 0.2) is 0 Å². The summed E-state index contributed by atoms with van der Waals surface area (Å²) in [6.07, 6.45) is 5.51. The number of imide groups is 1. The van der Waals surface area contributed by atoms with E-state index in [0.717, 1.165) is 12.8 Å². The maximum Gasteiger partial charge on any atom is 0.321 e. The monoisotopic (exact) mass is 259 g/mol. The molecule has 17 heavy (non-hydrogen) atoms. The molecule has 1 fully saturated rings. The van der Waals surface area contributed by atoms with Crippen LogP contribution in [0.25, 0.3) is 0 Å². The molecule has 0 aromatic carbocycles. The number of carbonyl (C=O) groups excluding carboxylic acids is 2. The summed E-state index contributed by atoms with van der Waals surface area (Å²) in [5.74, 6) is -0.281. The normalized spacial score (nSPS) is 25.4. The molecule has 3 amide bonds. The van der Waals surface area contributed by atoms with Crippen LogP contribution in [0.5, 0.6) is 0 Å². The number of carbonyl (C=O) groups is 2. The van der Waals surface area contributed by atoms with Crippen LogP contribution in [0, 0.1) is 0 Å². The molecule has 6 heteroatoms. The molecule has 0 aliphatic heterocycles. The second-order valence-electron chi connectivity index (χ2n) is 4.32. The highest BCUT2D eigenvalue weighted by Crippen LogP contribution is 2.28. The average molecular weight is 259 g/mol. The number of urea groups is 1. The predicted octanol–water partition coefficient (Wildman–Crippen LogP) is 0.704. The Morgan fingerprint density at radius 2 is 2.06 bits per heavy atom. The predicted molar refractivity (Wildman–Crippen MR) is 70.1 cm³/mol. The second kappa shape index (κ2) is 6.86. The molecule has 3 unspecified atom stereocenters. The lowest BCUT2D eigenvalue weighted by atomic mass is 10.2. The van der Waals surface area contributed by atoms with E-state index in [2.05, 4.69) is 22.2 Å². The molecule has 0 bridgehead atoms. The van der Waals surface area contributed by atoms with E-state index < -0.39 is 6.03 Å². The van der Waals surface area contributed by atoms with E-state index in [1.54, 1.807) is 6.92 Å². The molecule has 1 aliphatic rings. The standard InChI is InChI=1S/C11H21N3O2S/c1-7(10(15)14-11(16)12-2)13-8-4-5-9(6-8)17-3/h7-9,13H,4-6H2,1-3H3,(H2,12,14,15,16). The minimum Gasteiger partial charge on any atom is -0.341 e. The quantitative estimate of drug-likeness (QED) is 0.695. The molecule has 0 heterocycles. The number of nitrogens with one attached hydrogen (secondary N) is 3. The minimum absolute atomic E-state index is 0.281. The van der Waals surface area contributed by atoms with Crippen molar-refractivity contribution in [2.45, 2.75) is 43.5 Å². The number of hydrogen-bond donors (Lipinski definition) is 3. The zero-order valence-electron chi connectivity index (χ0n) is 10.6. The molecule has 0 spiro atoms. The fourth-order valence-electron chi connectivity index (χ4n) is 2.02. The summed E-state index contributed by atoms with van der Waals surface area (Å²) < 4.78 is 0. The average Bonchev–Trinajstić information content (AvgIpc) is 2.76. The van der Waals surface area contributed by atoms with Crippen molar-refractivity contribution in [1.29, 1.82) is 0 Å². The smallest absolute Gasteiger partial charge is 0.321 e. The first-order valence-electron chi connectivity index (χ1n) is 5.88. The van der Waals surface area contributed by atoms with Crippen LogP contribution in [0.1, 0.15) is 26.2 Å². The van der Waals surface area contributed by atoms with E-state index in [1.165, 1.54) is 13.5 Å². The highest BCUT2D eigenvalue weighted by molar-refractivity contribution is 7.99. The molecule has 0 aromatic rings. The van der Waals surface area contributed by atoms with Crippen LogP contribution < -0.4 is 16.0 Å². The van der Waals surface area contributed by atoms with Gasteiger partial charge in [-0.05, 0) is 32.4 Å². The summed E-state index contributed by atoms with van der Waals surface area (Å²) in [5.41, 5.74) is 0. The van der Waals surface area contributed by atoms with Gasteiger partial charge in [0.2, 0.25) is 5.91 Å². The Morgan fingerprint density at radius 3 is 2.59 bits per heavy atom. The summed E-state index contributed by atoms with van der Waals surface area (Å²) in [6.45, 7) is 1.78. The Hall–Kier alpha value is -0.750. The minimum atomic E-state index is -0.461.